The molecule has 1 heterocycles. The van der Waals surface area contributed by atoms with Crippen LogP contribution in [0.25, 0.3) is 0 Å². The molecule has 0 aromatic heterocycles. The Bertz CT molecular complexity index is 765. The van der Waals surface area contributed by atoms with Gasteiger partial charge in [-0.1, -0.05) is 11.6 Å². The highest BCUT2D eigenvalue weighted by molar-refractivity contribution is 6.30. The lowest BCUT2D eigenvalue weighted by atomic mass is 10.1. The third kappa shape index (κ3) is 5.91. The first-order valence-electron chi connectivity index (χ1n) is 8.72. The Kier molecular flexibility index (Phi) is 6.63. The highest BCUT2D eigenvalue weighted by atomic mass is 35.5. The Morgan fingerprint density at radius 3 is 2.56 bits per heavy atom. The third-order valence-corrected chi connectivity index (χ3v) is 4.57. The minimum absolute atomic E-state index is 0.0660. The van der Waals surface area contributed by atoms with Gasteiger partial charge < -0.3 is 14.4 Å². The topological polar surface area (TPSA) is 38.8 Å². The molecule has 0 saturated carbocycles. The first-order chi connectivity index (χ1) is 13.0. The van der Waals surface area contributed by atoms with Crippen LogP contribution in [0.1, 0.15) is 18.4 Å². The molecule has 1 fully saturated rings. The number of benzene rings is 2. The largest absolute Gasteiger partial charge is 0.484 e. The number of carbonyl (C=O) groups is 1. The summed E-state index contributed by atoms with van der Waals surface area (Å²) >= 11 is 5.82. The van der Waals surface area contributed by atoms with Crippen molar-refractivity contribution >= 4 is 17.5 Å². The zero-order valence-corrected chi connectivity index (χ0v) is 15.4. The molecular formula is C20H20ClF2NO3. The quantitative estimate of drug-likeness (QED) is 0.735. The molecule has 4 nitrogen and oxygen atoms in total. The van der Waals surface area contributed by atoms with E-state index in [1.54, 1.807) is 29.2 Å². The molecule has 1 amide bonds. The fourth-order valence-corrected chi connectivity index (χ4v) is 3.10. The number of likely N-dealkylation sites (tertiary alicyclic amines) is 1. The van der Waals surface area contributed by atoms with Crippen LogP contribution in [0.2, 0.25) is 5.02 Å². The first kappa shape index (κ1) is 19.6. The molecule has 1 aliphatic heterocycles. The lowest BCUT2D eigenvalue weighted by molar-refractivity contribution is -0.137. The van der Waals surface area contributed by atoms with Gasteiger partial charge in [0.2, 0.25) is 0 Å². The van der Waals surface area contributed by atoms with Crippen molar-refractivity contribution in [1.29, 1.82) is 0 Å². The van der Waals surface area contributed by atoms with Crippen LogP contribution >= 0.6 is 11.6 Å². The van der Waals surface area contributed by atoms with Crippen LogP contribution in [-0.4, -0.2) is 36.6 Å². The molecule has 0 aliphatic carbocycles. The van der Waals surface area contributed by atoms with Crippen LogP contribution in [-0.2, 0) is 16.1 Å². The van der Waals surface area contributed by atoms with Gasteiger partial charge in [0.25, 0.3) is 5.91 Å². The van der Waals surface area contributed by atoms with Gasteiger partial charge in [-0.15, -0.1) is 0 Å². The van der Waals surface area contributed by atoms with Gasteiger partial charge in [-0.3, -0.25) is 4.79 Å². The predicted molar refractivity (Wildman–Crippen MR) is 97.7 cm³/mol. The molecular weight excluding hydrogens is 376 g/mol. The van der Waals surface area contributed by atoms with E-state index in [1.807, 2.05) is 0 Å². The van der Waals surface area contributed by atoms with Gasteiger partial charge in [-0.05, 0) is 54.8 Å². The van der Waals surface area contributed by atoms with E-state index < -0.39 is 11.6 Å². The normalized spacial score (nSPS) is 17.0. The summed E-state index contributed by atoms with van der Waals surface area (Å²) in [6, 6.07) is 10.1. The zero-order valence-electron chi connectivity index (χ0n) is 14.7. The maximum Gasteiger partial charge on any atom is 0.260 e. The van der Waals surface area contributed by atoms with Crippen molar-refractivity contribution in [2.45, 2.75) is 25.6 Å². The Balaban J connectivity index is 1.47. The number of amides is 1. The SMILES string of the molecule is O=C(COc1ccc(Cl)cc1)N1CCC[C@H](OCc2cc(F)cc(F)c2)C1. The summed E-state index contributed by atoms with van der Waals surface area (Å²) in [5.74, 6) is -0.817. The summed E-state index contributed by atoms with van der Waals surface area (Å²) in [5.41, 5.74) is 0.432. The van der Waals surface area contributed by atoms with Crippen molar-refractivity contribution in [3.8, 4) is 5.75 Å². The summed E-state index contributed by atoms with van der Waals surface area (Å²) in [7, 11) is 0. The van der Waals surface area contributed by atoms with E-state index in [4.69, 9.17) is 21.1 Å². The van der Waals surface area contributed by atoms with Gasteiger partial charge in [-0.25, -0.2) is 8.78 Å². The van der Waals surface area contributed by atoms with Gasteiger partial charge in [0.15, 0.2) is 6.61 Å². The predicted octanol–water partition coefficient (Wildman–Crippen LogP) is 4.20. The number of piperidine rings is 1. The fraction of sp³-hybridized carbons (Fsp3) is 0.350. The monoisotopic (exact) mass is 395 g/mol. The lowest BCUT2D eigenvalue weighted by Gasteiger charge is -2.32. The summed E-state index contributed by atoms with van der Waals surface area (Å²) in [6.07, 6.45) is 1.42. The van der Waals surface area contributed by atoms with E-state index in [1.165, 1.54) is 12.1 Å². The molecule has 1 aliphatic rings. The Hall–Kier alpha value is -2.18. The molecule has 2 aromatic carbocycles. The van der Waals surface area contributed by atoms with Gasteiger partial charge in [0.05, 0.1) is 12.7 Å². The fourth-order valence-electron chi connectivity index (χ4n) is 2.98. The van der Waals surface area contributed by atoms with E-state index in [9.17, 15) is 13.6 Å². The average molecular weight is 396 g/mol. The number of hydrogen-bond acceptors (Lipinski definition) is 3. The summed E-state index contributed by atoms with van der Waals surface area (Å²) in [5, 5.41) is 0.600. The molecule has 144 valence electrons. The van der Waals surface area contributed by atoms with Gasteiger partial charge in [-0.2, -0.15) is 0 Å². The van der Waals surface area contributed by atoms with Crippen LogP contribution in [0.15, 0.2) is 42.5 Å². The summed E-state index contributed by atoms with van der Waals surface area (Å²) in [4.78, 5) is 14.1. The van der Waals surface area contributed by atoms with Crippen LogP contribution in [0.3, 0.4) is 0 Å². The van der Waals surface area contributed by atoms with Gasteiger partial charge >= 0.3 is 0 Å². The van der Waals surface area contributed by atoms with Crippen LogP contribution in [0.4, 0.5) is 8.78 Å². The molecule has 7 heteroatoms. The van der Waals surface area contributed by atoms with E-state index in [0.717, 1.165) is 18.9 Å². The van der Waals surface area contributed by atoms with E-state index in [-0.39, 0.29) is 25.2 Å². The van der Waals surface area contributed by atoms with Crippen molar-refractivity contribution in [2.75, 3.05) is 19.7 Å². The number of ether oxygens (including phenoxy) is 2. The van der Waals surface area contributed by atoms with Crippen molar-refractivity contribution in [1.82, 2.24) is 4.90 Å². The number of nitrogens with zero attached hydrogens (tertiary/aromatic N) is 1. The maximum absolute atomic E-state index is 13.2. The molecule has 0 N–H and O–H groups in total. The van der Waals surface area contributed by atoms with Crippen LogP contribution in [0.5, 0.6) is 5.75 Å². The van der Waals surface area contributed by atoms with Crippen molar-refractivity contribution in [2.24, 2.45) is 0 Å². The van der Waals surface area contributed by atoms with Crippen LogP contribution in [0, 0.1) is 11.6 Å². The second-order valence-electron chi connectivity index (χ2n) is 6.44. The maximum atomic E-state index is 13.2. The molecule has 0 bridgehead atoms. The molecule has 2 aromatic rings. The van der Waals surface area contributed by atoms with Crippen molar-refractivity contribution in [3.05, 3.63) is 64.7 Å². The Morgan fingerprint density at radius 1 is 1.15 bits per heavy atom. The van der Waals surface area contributed by atoms with Crippen molar-refractivity contribution in [3.63, 3.8) is 0 Å². The number of rotatable bonds is 6. The van der Waals surface area contributed by atoms with E-state index in [0.29, 0.717) is 29.4 Å². The Morgan fingerprint density at radius 2 is 1.85 bits per heavy atom. The van der Waals surface area contributed by atoms with E-state index >= 15 is 0 Å². The third-order valence-electron chi connectivity index (χ3n) is 4.31. The molecule has 27 heavy (non-hydrogen) atoms. The Labute approximate surface area is 161 Å². The molecule has 3 rings (SSSR count). The van der Waals surface area contributed by atoms with Gasteiger partial charge in [0, 0.05) is 24.2 Å². The first-order valence-corrected chi connectivity index (χ1v) is 9.10. The van der Waals surface area contributed by atoms with E-state index in [2.05, 4.69) is 0 Å². The standard InChI is InChI=1S/C20H20ClF2NO3/c21-15-3-5-18(6-4-15)27-13-20(25)24-7-1-2-19(11-24)26-12-14-8-16(22)10-17(23)9-14/h3-6,8-10,19H,1-2,7,11-13H2/t19-/m0/s1. The zero-order chi connectivity index (χ0) is 19.2. The number of hydrogen-bond donors (Lipinski definition) is 0. The molecule has 0 unspecified atom stereocenters. The summed E-state index contributed by atoms with van der Waals surface area (Å²) in [6.45, 7) is 1.10. The van der Waals surface area contributed by atoms with Crippen molar-refractivity contribution < 1.29 is 23.0 Å². The minimum atomic E-state index is -0.631. The van der Waals surface area contributed by atoms with Gasteiger partial charge in [0.1, 0.15) is 17.4 Å². The number of halogens is 3. The van der Waals surface area contributed by atoms with Crippen LogP contribution < -0.4 is 4.74 Å². The smallest absolute Gasteiger partial charge is 0.260 e. The molecule has 0 radical (unpaired) electrons. The highest BCUT2D eigenvalue weighted by Crippen LogP contribution is 2.18. The second-order valence-corrected chi connectivity index (χ2v) is 6.87. The minimum Gasteiger partial charge on any atom is -0.484 e. The number of carbonyl (C=O) groups excluding carboxylic acids is 1. The molecule has 0 spiro atoms. The lowest BCUT2D eigenvalue weighted by Crippen LogP contribution is -2.45. The summed E-state index contributed by atoms with van der Waals surface area (Å²) < 4.78 is 37.7. The molecule has 1 saturated heterocycles. The average Bonchev–Trinajstić information content (AvgIpc) is 2.65. The highest BCUT2D eigenvalue weighted by Gasteiger charge is 2.24. The molecule has 1 atom stereocenters. The second kappa shape index (κ2) is 9.15.